The van der Waals surface area contributed by atoms with Crippen molar-refractivity contribution in [3.63, 3.8) is 0 Å². The molecule has 0 radical (unpaired) electrons. The number of halogens is 2. The van der Waals surface area contributed by atoms with Gasteiger partial charge in [-0.1, -0.05) is 29.8 Å². The average Bonchev–Trinajstić information content (AvgIpc) is 3.34. The number of fused-ring (bicyclic) bond motifs is 1. The van der Waals surface area contributed by atoms with Gasteiger partial charge in [0.05, 0.1) is 11.6 Å². The monoisotopic (exact) mass is 508 g/mol. The Morgan fingerprint density at radius 3 is 2.75 bits per heavy atom. The maximum atomic E-state index is 14.1. The molecule has 0 aromatic heterocycles. The van der Waals surface area contributed by atoms with Crippen molar-refractivity contribution in [2.45, 2.75) is 20.1 Å². The van der Waals surface area contributed by atoms with E-state index in [2.05, 4.69) is 5.32 Å². The Balaban J connectivity index is 1.46. The summed E-state index contributed by atoms with van der Waals surface area (Å²) in [5.41, 5.74) is 1.52. The van der Waals surface area contributed by atoms with E-state index in [1.54, 1.807) is 36.4 Å². The van der Waals surface area contributed by atoms with Gasteiger partial charge in [0.25, 0.3) is 5.91 Å². The molecule has 1 N–H and O–H groups in total. The lowest BCUT2D eigenvalue weighted by atomic mass is 10.1. The Kier molecular flexibility index (Phi) is 7.93. The molecule has 7 nitrogen and oxygen atoms in total. The number of rotatable bonds is 9. The number of carbonyl (C=O) groups is 1. The van der Waals surface area contributed by atoms with Crippen LogP contribution in [0.25, 0.3) is 6.08 Å². The van der Waals surface area contributed by atoms with Crippen molar-refractivity contribution >= 4 is 23.6 Å². The number of nitrogens with one attached hydrogen (secondary N) is 1. The SMILES string of the molecule is CCOc1cc(/C=C(\C#N)C(=O)NCc2ccc3c(c2)OCO3)ccc1OCc1c(F)cccc1Cl. The van der Waals surface area contributed by atoms with E-state index in [0.717, 1.165) is 5.56 Å². The molecule has 3 aromatic carbocycles. The molecular weight excluding hydrogens is 487 g/mol. The van der Waals surface area contributed by atoms with Gasteiger partial charge >= 0.3 is 0 Å². The van der Waals surface area contributed by atoms with Gasteiger partial charge in [-0.15, -0.1) is 0 Å². The summed E-state index contributed by atoms with van der Waals surface area (Å²) >= 11 is 6.08. The molecule has 3 aromatic rings. The van der Waals surface area contributed by atoms with Crippen LogP contribution in [-0.4, -0.2) is 19.3 Å². The van der Waals surface area contributed by atoms with E-state index < -0.39 is 11.7 Å². The molecule has 0 atom stereocenters. The molecule has 0 aliphatic carbocycles. The van der Waals surface area contributed by atoms with Crippen LogP contribution in [0.4, 0.5) is 4.39 Å². The molecular formula is C27H22ClFN2O5. The molecule has 0 saturated carbocycles. The van der Waals surface area contributed by atoms with Gasteiger partial charge in [-0.3, -0.25) is 4.79 Å². The number of hydrogen-bond acceptors (Lipinski definition) is 6. The first-order valence-corrected chi connectivity index (χ1v) is 11.5. The van der Waals surface area contributed by atoms with E-state index in [-0.39, 0.29) is 36.1 Å². The number of benzene rings is 3. The molecule has 9 heteroatoms. The highest BCUT2D eigenvalue weighted by Crippen LogP contribution is 2.33. The lowest BCUT2D eigenvalue weighted by molar-refractivity contribution is -0.117. The van der Waals surface area contributed by atoms with Crippen molar-refractivity contribution in [3.8, 4) is 29.1 Å². The second-order valence-corrected chi connectivity index (χ2v) is 8.08. The van der Waals surface area contributed by atoms with Gasteiger partial charge < -0.3 is 24.3 Å². The van der Waals surface area contributed by atoms with Gasteiger partial charge in [-0.2, -0.15) is 5.26 Å². The quantitative estimate of drug-likeness (QED) is 0.307. The van der Waals surface area contributed by atoms with Crippen molar-refractivity contribution in [1.82, 2.24) is 5.32 Å². The maximum Gasteiger partial charge on any atom is 0.262 e. The Morgan fingerprint density at radius 1 is 1.14 bits per heavy atom. The Labute approximate surface area is 212 Å². The van der Waals surface area contributed by atoms with Crippen molar-refractivity contribution in [1.29, 1.82) is 5.26 Å². The van der Waals surface area contributed by atoms with Gasteiger partial charge in [0.1, 0.15) is 24.1 Å². The first kappa shape index (κ1) is 24.9. The van der Waals surface area contributed by atoms with E-state index in [0.29, 0.717) is 35.2 Å². The minimum absolute atomic E-state index is 0.0787. The number of amides is 1. The predicted molar refractivity (Wildman–Crippen MR) is 131 cm³/mol. The summed E-state index contributed by atoms with van der Waals surface area (Å²) in [7, 11) is 0. The largest absolute Gasteiger partial charge is 0.490 e. The van der Waals surface area contributed by atoms with E-state index in [1.807, 2.05) is 19.1 Å². The molecule has 0 unspecified atom stereocenters. The summed E-state index contributed by atoms with van der Waals surface area (Å²) < 4.78 is 36.1. The third-order valence-electron chi connectivity index (χ3n) is 5.27. The zero-order chi connectivity index (χ0) is 25.5. The van der Waals surface area contributed by atoms with Crippen LogP contribution < -0.4 is 24.3 Å². The molecule has 1 amide bonds. The number of hydrogen-bond donors (Lipinski definition) is 1. The van der Waals surface area contributed by atoms with Crippen LogP contribution in [0.3, 0.4) is 0 Å². The molecule has 0 spiro atoms. The fourth-order valence-corrected chi connectivity index (χ4v) is 3.68. The van der Waals surface area contributed by atoms with E-state index in [4.69, 9.17) is 30.5 Å². The van der Waals surface area contributed by atoms with Crippen molar-refractivity contribution < 1.29 is 28.1 Å². The summed E-state index contributed by atoms with van der Waals surface area (Å²) in [5.74, 6) is 1.03. The van der Waals surface area contributed by atoms with Crippen LogP contribution in [0.15, 0.2) is 60.2 Å². The molecule has 1 heterocycles. The van der Waals surface area contributed by atoms with Crippen molar-refractivity contribution in [2.24, 2.45) is 0 Å². The molecule has 0 saturated heterocycles. The third kappa shape index (κ3) is 5.88. The maximum absolute atomic E-state index is 14.1. The number of ether oxygens (including phenoxy) is 4. The summed E-state index contributed by atoms with van der Waals surface area (Å²) in [5, 5.41) is 12.5. The van der Waals surface area contributed by atoms with Crippen molar-refractivity contribution in [3.05, 3.63) is 87.7 Å². The zero-order valence-corrected chi connectivity index (χ0v) is 20.1. The van der Waals surface area contributed by atoms with Gasteiger partial charge in [-0.05, 0) is 60.5 Å². The molecule has 36 heavy (non-hydrogen) atoms. The second kappa shape index (κ2) is 11.5. The Hall–Kier alpha value is -4.22. The van der Waals surface area contributed by atoms with E-state index in [9.17, 15) is 14.4 Å². The summed E-state index contributed by atoms with van der Waals surface area (Å²) in [4.78, 5) is 12.6. The second-order valence-electron chi connectivity index (χ2n) is 7.67. The topological polar surface area (TPSA) is 89.8 Å². The predicted octanol–water partition coefficient (Wildman–Crippen LogP) is 5.41. The van der Waals surface area contributed by atoms with Crippen LogP contribution >= 0.6 is 11.6 Å². The number of nitriles is 1. The summed E-state index contributed by atoms with van der Waals surface area (Å²) in [6, 6.07) is 16.6. The van der Waals surface area contributed by atoms with Gasteiger partial charge in [0.15, 0.2) is 23.0 Å². The molecule has 1 aliphatic rings. The fourth-order valence-electron chi connectivity index (χ4n) is 3.47. The van der Waals surface area contributed by atoms with Crippen LogP contribution in [0, 0.1) is 17.1 Å². The van der Waals surface area contributed by atoms with Crippen LogP contribution in [0.1, 0.15) is 23.6 Å². The molecule has 184 valence electrons. The lowest BCUT2D eigenvalue weighted by Crippen LogP contribution is -2.23. The van der Waals surface area contributed by atoms with Crippen LogP contribution in [0.2, 0.25) is 5.02 Å². The van der Waals surface area contributed by atoms with E-state index >= 15 is 0 Å². The first-order valence-electron chi connectivity index (χ1n) is 11.1. The highest BCUT2D eigenvalue weighted by atomic mass is 35.5. The Morgan fingerprint density at radius 2 is 1.97 bits per heavy atom. The minimum Gasteiger partial charge on any atom is -0.490 e. The minimum atomic E-state index is -0.525. The highest BCUT2D eigenvalue weighted by Gasteiger charge is 2.15. The highest BCUT2D eigenvalue weighted by molar-refractivity contribution is 6.31. The number of carbonyl (C=O) groups excluding carboxylic acids is 1. The van der Waals surface area contributed by atoms with Gasteiger partial charge in [0.2, 0.25) is 6.79 Å². The van der Waals surface area contributed by atoms with Gasteiger partial charge in [-0.25, -0.2) is 4.39 Å². The van der Waals surface area contributed by atoms with Crippen LogP contribution in [-0.2, 0) is 17.9 Å². The molecule has 4 rings (SSSR count). The normalized spacial score (nSPS) is 12.1. The fraction of sp³-hybridized carbons (Fsp3) is 0.185. The zero-order valence-electron chi connectivity index (χ0n) is 19.3. The molecule has 0 fully saturated rings. The Bertz CT molecular complexity index is 1330. The van der Waals surface area contributed by atoms with Crippen molar-refractivity contribution in [2.75, 3.05) is 13.4 Å². The van der Waals surface area contributed by atoms with E-state index in [1.165, 1.54) is 18.2 Å². The smallest absolute Gasteiger partial charge is 0.262 e. The number of nitrogens with zero attached hydrogens (tertiary/aromatic N) is 1. The molecule has 1 aliphatic heterocycles. The standard InChI is InChI=1S/C27H22ClFN2O5/c1-2-33-25-11-17(6-8-23(25)34-15-20-21(28)4-3-5-22(20)29)10-19(13-30)27(32)31-14-18-7-9-24-26(12-18)36-16-35-24/h3-12H,2,14-16H2,1H3,(H,31,32)/b19-10+. The average molecular weight is 509 g/mol. The lowest BCUT2D eigenvalue weighted by Gasteiger charge is -2.14. The van der Waals surface area contributed by atoms with Gasteiger partial charge in [0, 0.05) is 12.1 Å². The van der Waals surface area contributed by atoms with Crippen LogP contribution in [0.5, 0.6) is 23.0 Å². The third-order valence-corrected chi connectivity index (χ3v) is 5.62. The summed E-state index contributed by atoms with van der Waals surface area (Å²) in [6.07, 6.45) is 1.45. The molecule has 0 bridgehead atoms. The summed E-state index contributed by atoms with van der Waals surface area (Å²) in [6.45, 7) is 2.45. The first-order chi connectivity index (χ1) is 17.5.